The maximum Gasteiger partial charge on any atom is 0.0576 e. The Morgan fingerprint density at radius 2 is 1.94 bits per heavy atom. The van der Waals surface area contributed by atoms with Crippen molar-refractivity contribution in [3.63, 3.8) is 0 Å². The zero-order chi connectivity index (χ0) is 12.1. The van der Waals surface area contributed by atoms with Gasteiger partial charge in [0.25, 0.3) is 0 Å². The number of nitrogens with two attached hydrogens (primary N) is 1. The highest BCUT2D eigenvalue weighted by Gasteiger charge is 2.12. The number of likely N-dealkylation sites (N-methyl/N-ethyl adjacent to an activating group) is 1. The molecule has 0 fully saturated rings. The van der Waals surface area contributed by atoms with Crippen LogP contribution in [0.25, 0.3) is 0 Å². The SMILES string of the molecule is CNC(Cc1ccccc1N)c1ccccn1. The van der Waals surface area contributed by atoms with Gasteiger partial charge in [-0.05, 0) is 37.2 Å². The molecule has 0 spiro atoms. The fourth-order valence-corrected chi connectivity index (χ4v) is 1.88. The van der Waals surface area contributed by atoms with E-state index in [4.69, 9.17) is 5.73 Å². The Balaban J connectivity index is 2.19. The van der Waals surface area contributed by atoms with Crippen LogP contribution in [-0.2, 0) is 6.42 Å². The van der Waals surface area contributed by atoms with Crippen molar-refractivity contribution in [2.24, 2.45) is 0 Å². The number of para-hydroxylation sites is 1. The van der Waals surface area contributed by atoms with Crippen molar-refractivity contribution in [2.45, 2.75) is 12.5 Å². The Hall–Kier alpha value is -1.87. The Labute approximate surface area is 102 Å². The van der Waals surface area contributed by atoms with Gasteiger partial charge in [-0.2, -0.15) is 0 Å². The predicted molar refractivity (Wildman–Crippen MR) is 70.6 cm³/mol. The largest absolute Gasteiger partial charge is 0.399 e. The third kappa shape index (κ3) is 2.82. The van der Waals surface area contributed by atoms with E-state index in [1.165, 1.54) is 0 Å². The van der Waals surface area contributed by atoms with Gasteiger partial charge in [0, 0.05) is 11.9 Å². The molecule has 1 atom stereocenters. The van der Waals surface area contributed by atoms with Crippen molar-refractivity contribution in [1.82, 2.24) is 10.3 Å². The molecule has 3 nitrogen and oxygen atoms in total. The van der Waals surface area contributed by atoms with Crippen LogP contribution in [0, 0.1) is 0 Å². The molecule has 1 heterocycles. The van der Waals surface area contributed by atoms with E-state index in [2.05, 4.69) is 16.4 Å². The van der Waals surface area contributed by atoms with Gasteiger partial charge in [-0.15, -0.1) is 0 Å². The van der Waals surface area contributed by atoms with E-state index in [0.717, 1.165) is 23.4 Å². The lowest BCUT2D eigenvalue weighted by Crippen LogP contribution is -2.20. The minimum Gasteiger partial charge on any atom is -0.399 e. The van der Waals surface area contributed by atoms with Crippen LogP contribution in [0.5, 0.6) is 0 Å². The van der Waals surface area contributed by atoms with E-state index < -0.39 is 0 Å². The average molecular weight is 227 g/mol. The molecule has 0 aliphatic heterocycles. The first kappa shape index (κ1) is 11.6. The van der Waals surface area contributed by atoms with Gasteiger partial charge < -0.3 is 11.1 Å². The van der Waals surface area contributed by atoms with Crippen LogP contribution in [0.2, 0.25) is 0 Å². The summed E-state index contributed by atoms with van der Waals surface area (Å²) in [4.78, 5) is 4.37. The number of nitrogen functional groups attached to an aromatic ring is 1. The van der Waals surface area contributed by atoms with Gasteiger partial charge in [0.2, 0.25) is 0 Å². The average Bonchev–Trinajstić information content (AvgIpc) is 2.39. The molecule has 0 bridgehead atoms. The summed E-state index contributed by atoms with van der Waals surface area (Å²) < 4.78 is 0. The first-order chi connectivity index (χ1) is 8.31. The minimum absolute atomic E-state index is 0.195. The zero-order valence-electron chi connectivity index (χ0n) is 9.93. The molecule has 0 aliphatic rings. The number of hydrogen-bond acceptors (Lipinski definition) is 3. The smallest absolute Gasteiger partial charge is 0.0576 e. The quantitative estimate of drug-likeness (QED) is 0.787. The number of hydrogen-bond donors (Lipinski definition) is 2. The maximum absolute atomic E-state index is 5.95. The Bertz CT molecular complexity index is 468. The number of rotatable bonds is 4. The molecule has 17 heavy (non-hydrogen) atoms. The lowest BCUT2D eigenvalue weighted by Gasteiger charge is -2.16. The van der Waals surface area contributed by atoms with Gasteiger partial charge in [-0.3, -0.25) is 4.98 Å². The Kier molecular flexibility index (Phi) is 3.73. The highest BCUT2D eigenvalue weighted by atomic mass is 14.9. The van der Waals surface area contributed by atoms with Crippen molar-refractivity contribution in [3.8, 4) is 0 Å². The van der Waals surface area contributed by atoms with Gasteiger partial charge >= 0.3 is 0 Å². The Morgan fingerprint density at radius 3 is 2.59 bits per heavy atom. The summed E-state index contributed by atoms with van der Waals surface area (Å²) in [6.07, 6.45) is 2.66. The van der Waals surface area contributed by atoms with Crippen LogP contribution in [0.3, 0.4) is 0 Å². The molecular formula is C14H17N3. The Morgan fingerprint density at radius 1 is 1.18 bits per heavy atom. The summed E-state index contributed by atoms with van der Waals surface area (Å²) in [5, 5.41) is 3.28. The normalized spacial score (nSPS) is 12.3. The molecule has 1 unspecified atom stereocenters. The summed E-state index contributed by atoms with van der Waals surface area (Å²) in [5.74, 6) is 0. The van der Waals surface area contributed by atoms with Crippen LogP contribution >= 0.6 is 0 Å². The monoisotopic (exact) mass is 227 g/mol. The summed E-state index contributed by atoms with van der Waals surface area (Å²) in [6.45, 7) is 0. The zero-order valence-corrected chi connectivity index (χ0v) is 9.93. The molecular weight excluding hydrogens is 210 g/mol. The fourth-order valence-electron chi connectivity index (χ4n) is 1.88. The molecule has 0 saturated heterocycles. The molecule has 0 saturated carbocycles. The molecule has 3 N–H and O–H groups in total. The number of anilines is 1. The van der Waals surface area contributed by atoms with Gasteiger partial charge in [0.1, 0.15) is 0 Å². The summed E-state index contributed by atoms with van der Waals surface area (Å²) in [6, 6.07) is 14.1. The molecule has 1 aromatic carbocycles. The molecule has 2 rings (SSSR count). The lowest BCUT2D eigenvalue weighted by molar-refractivity contribution is 0.577. The van der Waals surface area contributed by atoms with E-state index in [1.807, 2.05) is 49.6 Å². The van der Waals surface area contributed by atoms with Crippen molar-refractivity contribution < 1.29 is 0 Å². The van der Waals surface area contributed by atoms with E-state index in [0.29, 0.717) is 0 Å². The fraction of sp³-hybridized carbons (Fsp3) is 0.214. The number of benzene rings is 1. The van der Waals surface area contributed by atoms with Crippen LogP contribution in [0.1, 0.15) is 17.3 Å². The van der Waals surface area contributed by atoms with E-state index in [1.54, 1.807) is 0 Å². The van der Waals surface area contributed by atoms with Crippen molar-refractivity contribution in [1.29, 1.82) is 0 Å². The van der Waals surface area contributed by atoms with E-state index >= 15 is 0 Å². The van der Waals surface area contributed by atoms with Crippen molar-refractivity contribution in [3.05, 3.63) is 59.9 Å². The standard InChI is InChI=1S/C14H17N3/c1-16-14(13-8-4-5-9-17-13)10-11-6-2-3-7-12(11)15/h2-9,14,16H,10,15H2,1H3. The molecule has 88 valence electrons. The van der Waals surface area contributed by atoms with Gasteiger partial charge in [0.05, 0.1) is 11.7 Å². The molecule has 3 heteroatoms. The molecule has 1 aromatic heterocycles. The maximum atomic E-state index is 5.95. The topological polar surface area (TPSA) is 50.9 Å². The molecule has 0 amide bonds. The molecule has 0 radical (unpaired) electrons. The summed E-state index contributed by atoms with van der Waals surface area (Å²) >= 11 is 0. The number of aromatic nitrogens is 1. The second-order valence-electron chi connectivity index (χ2n) is 4.00. The number of nitrogens with zero attached hydrogens (tertiary/aromatic N) is 1. The second kappa shape index (κ2) is 5.46. The summed E-state index contributed by atoms with van der Waals surface area (Å²) in [5.41, 5.74) is 8.98. The van der Waals surface area contributed by atoms with Crippen LogP contribution in [0.15, 0.2) is 48.7 Å². The van der Waals surface area contributed by atoms with Crippen LogP contribution in [0.4, 0.5) is 5.69 Å². The van der Waals surface area contributed by atoms with Gasteiger partial charge in [-0.1, -0.05) is 24.3 Å². The number of pyridine rings is 1. The van der Waals surface area contributed by atoms with E-state index in [9.17, 15) is 0 Å². The lowest BCUT2D eigenvalue weighted by atomic mass is 10.0. The minimum atomic E-state index is 0.195. The first-order valence-corrected chi connectivity index (χ1v) is 5.73. The van der Waals surface area contributed by atoms with Crippen LogP contribution < -0.4 is 11.1 Å². The highest BCUT2D eigenvalue weighted by Crippen LogP contribution is 2.19. The van der Waals surface area contributed by atoms with Crippen LogP contribution in [-0.4, -0.2) is 12.0 Å². The summed E-state index contributed by atoms with van der Waals surface area (Å²) in [7, 11) is 1.94. The third-order valence-corrected chi connectivity index (χ3v) is 2.87. The van der Waals surface area contributed by atoms with Crippen molar-refractivity contribution >= 4 is 5.69 Å². The predicted octanol–water partition coefficient (Wildman–Crippen LogP) is 2.17. The highest BCUT2D eigenvalue weighted by molar-refractivity contribution is 5.46. The van der Waals surface area contributed by atoms with Gasteiger partial charge in [0.15, 0.2) is 0 Å². The van der Waals surface area contributed by atoms with Crippen molar-refractivity contribution in [2.75, 3.05) is 12.8 Å². The first-order valence-electron chi connectivity index (χ1n) is 5.73. The van der Waals surface area contributed by atoms with E-state index in [-0.39, 0.29) is 6.04 Å². The third-order valence-electron chi connectivity index (χ3n) is 2.87. The second-order valence-corrected chi connectivity index (χ2v) is 4.00. The number of nitrogens with one attached hydrogen (secondary N) is 1. The molecule has 2 aromatic rings. The molecule has 0 aliphatic carbocycles. The van der Waals surface area contributed by atoms with Gasteiger partial charge in [-0.25, -0.2) is 0 Å².